The minimum Gasteiger partial charge on any atom is -0.389 e. The van der Waals surface area contributed by atoms with Crippen molar-refractivity contribution in [3.05, 3.63) is 0 Å². The van der Waals surface area contributed by atoms with Crippen LogP contribution in [0.1, 0.15) is 32.6 Å². The molecule has 5 heteroatoms. The van der Waals surface area contributed by atoms with E-state index in [1.807, 2.05) is 6.92 Å². The molecule has 1 aliphatic rings. The van der Waals surface area contributed by atoms with Crippen molar-refractivity contribution in [3.63, 3.8) is 0 Å². The third-order valence-electron chi connectivity index (χ3n) is 3.44. The number of aliphatic hydroxyl groups is 1. The molecule has 0 aromatic carbocycles. The molecule has 0 aliphatic carbocycles. The van der Waals surface area contributed by atoms with Gasteiger partial charge in [-0.25, -0.2) is 0 Å². The minimum absolute atomic E-state index is 0.00736. The van der Waals surface area contributed by atoms with Gasteiger partial charge in [0.25, 0.3) is 0 Å². The highest BCUT2D eigenvalue weighted by atomic mass is 16.5. The van der Waals surface area contributed by atoms with Crippen molar-refractivity contribution in [2.75, 3.05) is 33.4 Å². The molecule has 2 N–H and O–H groups in total. The first-order valence-electron chi connectivity index (χ1n) is 6.84. The van der Waals surface area contributed by atoms with Crippen LogP contribution in [0.25, 0.3) is 0 Å². The summed E-state index contributed by atoms with van der Waals surface area (Å²) in [4.78, 5) is 14.2. The predicted molar refractivity (Wildman–Crippen MR) is 70.4 cm³/mol. The first-order chi connectivity index (χ1) is 8.65. The predicted octanol–water partition coefficient (Wildman–Crippen LogP) is 0.374. The summed E-state index contributed by atoms with van der Waals surface area (Å²) < 4.78 is 4.82. The summed E-state index contributed by atoms with van der Waals surface area (Å²) in [5, 5.41) is 12.3. The average molecular weight is 258 g/mol. The Balaban J connectivity index is 2.30. The lowest BCUT2D eigenvalue weighted by molar-refractivity contribution is -0.126. The van der Waals surface area contributed by atoms with Crippen LogP contribution >= 0.6 is 0 Å². The molecule has 0 spiro atoms. The van der Waals surface area contributed by atoms with Gasteiger partial charge in [-0.2, -0.15) is 0 Å². The van der Waals surface area contributed by atoms with Crippen LogP contribution in [-0.4, -0.2) is 61.4 Å². The summed E-state index contributed by atoms with van der Waals surface area (Å²) >= 11 is 0. The number of hydrogen-bond donors (Lipinski definition) is 2. The van der Waals surface area contributed by atoms with Crippen LogP contribution in [0.4, 0.5) is 0 Å². The molecule has 0 aromatic rings. The van der Waals surface area contributed by atoms with Crippen molar-refractivity contribution in [1.29, 1.82) is 0 Å². The van der Waals surface area contributed by atoms with Gasteiger partial charge in [0.05, 0.1) is 18.8 Å². The van der Waals surface area contributed by atoms with Crippen LogP contribution in [0.5, 0.6) is 0 Å². The fourth-order valence-corrected chi connectivity index (χ4v) is 2.27. The first-order valence-corrected chi connectivity index (χ1v) is 6.84. The Kier molecular flexibility index (Phi) is 7.23. The monoisotopic (exact) mass is 258 g/mol. The van der Waals surface area contributed by atoms with Gasteiger partial charge in [-0.05, 0) is 32.9 Å². The Bertz CT molecular complexity index is 240. The van der Waals surface area contributed by atoms with Gasteiger partial charge >= 0.3 is 0 Å². The highest BCUT2D eigenvalue weighted by molar-refractivity contribution is 5.81. The van der Waals surface area contributed by atoms with Gasteiger partial charge in [-0.1, -0.05) is 12.8 Å². The molecule has 0 radical (unpaired) electrons. The minimum atomic E-state index is -0.629. The van der Waals surface area contributed by atoms with Crippen LogP contribution in [-0.2, 0) is 9.53 Å². The molecule has 1 saturated heterocycles. The fraction of sp³-hybridized carbons (Fsp3) is 0.923. The lowest BCUT2D eigenvalue weighted by Gasteiger charge is -2.26. The van der Waals surface area contributed by atoms with E-state index in [1.54, 1.807) is 0 Å². The number of carbonyl (C=O) groups is 1. The number of rotatable bonds is 6. The Morgan fingerprint density at radius 3 is 2.50 bits per heavy atom. The van der Waals surface area contributed by atoms with Gasteiger partial charge in [0.1, 0.15) is 0 Å². The summed E-state index contributed by atoms with van der Waals surface area (Å²) in [6.07, 6.45) is 4.23. The number of ether oxygens (including phenoxy) is 1. The molecule has 1 heterocycles. The van der Waals surface area contributed by atoms with E-state index in [4.69, 9.17) is 4.74 Å². The molecule has 18 heavy (non-hydrogen) atoms. The van der Waals surface area contributed by atoms with Gasteiger partial charge < -0.3 is 15.2 Å². The summed E-state index contributed by atoms with van der Waals surface area (Å²) in [7, 11) is 1.53. The number of methoxy groups -OCH3 is 1. The molecule has 1 aliphatic heterocycles. The highest BCUT2D eigenvalue weighted by Gasteiger charge is 2.22. The van der Waals surface area contributed by atoms with Crippen molar-refractivity contribution in [3.8, 4) is 0 Å². The Labute approximate surface area is 109 Å². The van der Waals surface area contributed by atoms with Crippen molar-refractivity contribution in [2.45, 2.75) is 44.8 Å². The molecule has 1 fully saturated rings. The molecular weight excluding hydrogens is 232 g/mol. The van der Waals surface area contributed by atoms with E-state index in [2.05, 4.69) is 10.2 Å². The average Bonchev–Trinajstić information content (AvgIpc) is 2.64. The quantitative estimate of drug-likeness (QED) is 0.723. The lowest BCUT2D eigenvalue weighted by atomic mass is 10.2. The zero-order chi connectivity index (χ0) is 13.4. The molecule has 0 saturated carbocycles. The fourth-order valence-electron chi connectivity index (χ4n) is 2.27. The Hall–Kier alpha value is -0.650. The Morgan fingerprint density at radius 2 is 1.94 bits per heavy atom. The second-order valence-electron chi connectivity index (χ2n) is 4.98. The van der Waals surface area contributed by atoms with Crippen molar-refractivity contribution < 1.29 is 14.6 Å². The molecule has 0 bridgehead atoms. The molecule has 5 nitrogen and oxygen atoms in total. The third-order valence-corrected chi connectivity index (χ3v) is 3.44. The lowest BCUT2D eigenvalue weighted by Crippen LogP contribution is -2.47. The van der Waals surface area contributed by atoms with Gasteiger partial charge in [0, 0.05) is 13.7 Å². The van der Waals surface area contributed by atoms with E-state index in [0.717, 1.165) is 13.1 Å². The molecule has 106 valence electrons. The van der Waals surface area contributed by atoms with Crippen molar-refractivity contribution >= 4 is 5.91 Å². The van der Waals surface area contributed by atoms with Crippen LogP contribution in [0, 0.1) is 0 Å². The zero-order valence-corrected chi connectivity index (χ0v) is 11.5. The number of carbonyl (C=O) groups excluding carboxylic acids is 1. The standard InChI is InChI=1S/C13H26N2O3/c1-11(15-7-5-3-4-6-8-15)13(17)14-9-12(16)10-18-2/h11-12,16H,3-10H2,1-2H3,(H,14,17). The maximum Gasteiger partial charge on any atom is 0.237 e. The molecule has 2 atom stereocenters. The van der Waals surface area contributed by atoms with E-state index in [1.165, 1.54) is 32.8 Å². The second-order valence-corrected chi connectivity index (χ2v) is 4.98. The molecule has 0 aromatic heterocycles. The molecule has 1 amide bonds. The van der Waals surface area contributed by atoms with Crippen molar-refractivity contribution in [1.82, 2.24) is 10.2 Å². The van der Waals surface area contributed by atoms with E-state index in [-0.39, 0.29) is 25.1 Å². The maximum absolute atomic E-state index is 12.0. The number of nitrogens with one attached hydrogen (secondary N) is 1. The Morgan fingerprint density at radius 1 is 1.33 bits per heavy atom. The summed E-state index contributed by atoms with van der Waals surface area (Å²) in [5.41, 5.74) is 0. The summed E-state index contributed by atoms with van der Waals surface area (Å²) in [5.74, 6) is -0.00736. The normalized spacial score (nSPS) is 21.1. The van der Waals surface area contributed by atoms with E-state index < -0.39 is 6.10 Å². The number of likely N-dealkylation sites (tertiary alicyclic amines) is 1. The van der Waals surface area contributed by atoms with Crippen LogP contribution in [0.3, 0.4) is 0 Å². The van der Waals surface area contributed by atoms with Crippen molar-refractivity contribution in [2.24, 2.45) is 0 Å². The van der Waals surface area contributed by atoms with Gasteiger partial charge in [0.15, 0.2) is 0 Å². The SMILES string of the molecule is COCC(O)CNC(=O)C(C)N1CCCCCC1. The van der Waals surface area contributed by atoms with Crippen LogP contribution in [0.15, 0.2) is 0 Å². The third kappa shape index (κ3) is 5.33. The van der Waals surface area contributed by atoms with Crippen LogP contribution in [0.2, 0.25) is 0 Å². The highest BCUT2D eigenvalue weighted by Crippen LogP contribution is 2.12. The molecule has 1 rings (SSSR count). The first kappa shape index (κ1) is 15.4. The smallest absolute Gasteiger partial charge is 0.237 e. The van der Waals surface area contributed by atoms with Gasteiger partial charge in [-0.15, -0.1) is 0 Å². The number of amides is 1. The summed E-state index contributed by atoms with van der Waals surface area (Å²) in [6, 6.07) is -0.113. The summed E-state index contributed by atoms with van der Waals surface area (Å²) in [6.45, 7) is 4.43. The number of aliphatic hydroxyl groups excluding tert-OH is 1. The number of nitrogens with zero attached hydrogens (tertiary/aromatic N) is 1. The second kappa shape index (κ2) is 8.45. The van der Waals surface area contributed by atoms with Gasteiger partial charge in [-0.3, -0.25) is 9.69 Å². The molecular formula is C13H26N2O3. The largest absolute Gasteiger partial charge is 0.389 e. The van der Waals surface area contributed by atoms with E-state index in [0.29, 0.717) is 0 Å². The van der Waals surface area contributed by atoms with Crippen LogP contribution < -0.4 is 5.32 Å². The van der Waals surface area contributed by atoms with E-state index >= 15 is 0 Å². The topological polar surface area (TPSA) is 61.8 Å². The maximum atomic E-state index is 12.0. The van der Waals surface area contributed by atoms with Gasteiger partial charge in [0.2, 0.25) is 5.91 Å². The zero-order valence-electron chi connectivity index (χ0n) is 11.5. The molecule has 2 unspecified atom stereocenters. The van der Waals surface area contributed by atoms with E-state index in [9.17, 15) is 9.90 Å². The number of hydrogen-bond acceptors (Lipinski definition) is 4.